The molecule has 7 heteroatoms. The van der Waals surface area contributed by atoms with Crippen molar-refractivity contribution in [3.63, 3.8) is 0 Å². The Balaban J connectivity index is 2.26. The van der Waals surface area contributed by atoms with Gasteiger partial charge in [-0.3, -0.25) is 4.98 Å². The van der Waals surface area contributed by atoms with E-state index in [2.05, 4.69) is 20.9 Å². The van der Waals surface area contributed by atoms with Crippen LogP contribution < -0.4 is 4.74 Å². The van der Waals surface area contributed by atoms with Gasteiger partial charge in [-0.1, -0.05) is 6.07 Å². The van der Waals surface area contributed by atoms with Gasteiger partial charge in [-0.25, -0.2) is 4.79 Å². The van der Waals surface area contributed by atoms with E-state index in [0.29, 0.717) is 33.6 Å². The molecular weight excluding hydrogens is 438 g/mol. The molecule has 1 aromatic carbocycles. The molecule has 1 unspecified atom stereocenters. The molecule has 0 aliphatic carbocycles. The summed E-state index contributed by atoms with van der Waals surface area (Å²) < 4.78 is 12.2. The number of aliphatic hydroxyl groups is 1. The number of aliphatic carboxylic acids is 1. The first-order valence-corrected chi connectivity index (χ1v) is 10.4. The number of fused-ring (bicyclic) bond motifs is 1. The van der Waals surface area contributed by atoms with Gasteiger partial charge in [0.05, 0.1) is 24.5 Å². The fourth-order valence-electron chi connectivity index (χ4n) is 3.57. The van der Waals surface area contributed by atoms with Crippen LogP contribution in [0.25, 0.3) is 11.1 Å². The molecule has 0 saturated carbocycles. The normalized spacial score (nSPS) is 14.8. The van der Waals surface area contributed by atoms with Crippen LogP contribution in [0, 0.1) is 6.92 Å². The predicted molar refractivity (Wildman–Crippen MR) is 113 cm³/mol. The number of aromatic nitrogens is 1. The van der Waals surface area contributed by atoms with E-state index in [1.807, 2.05) is 39.0 Å². The number of aryl methyl sites for hydroxylation is 2. The van der Waals surface area contributed by atoms with Crippen molar-refractivity contribution in [1.29, 1.82) is 0 Å². The van der Waals surface area contributed by atoms with Gasteiger partial charge in [0.25, 0.3) is 0 Å². The van der Waals surface area contributed by atoms with E-state index in [1.165, 1.54) is 0 Å². The molecule has 0 amide bonds. The first-order valence-electron chi connectivity index (χ1n) is 9.59. The number of aliphatic hydroxyl groups excluding tert-OH is 1. The molecule has 2 aromatic rings. The molecule has 3 rings (SSSR count). The molecule has 0 bridgehead atoms. The first-order chi connectivity index (χ1) is 13.6. The highest BCUT2D eigenvalue weighted by atomic mass is 79.9. The molecule has 6 nitrogen and oxygen atoms in total. The second-order valence-corrected chi connectivity index (χ2v) is 8.92. The number of rotatable bonds is 5. The maximum atomic E-state index is 12.2. The van der Waals surface area contributed by atoms with Crippen LogP contribution in [-0.4, -0.2) is 33.4 Å². The summed E-state index contributed by atoms with van der Waals surface area (Å²) in [6.45, 7) is 7.63. The van der Waals surface area contributed by atoms with Gasteiger partial charge in [-0.05, 0) is 79.7 Å². The molecule has 29 heavy (non-hydrogen) atoms. The molecule has 1 atom stereocenters. The van der Waals surface area contributed by atoms with Gasteiger partial charge >= 0.3 is 5.97 Å². The summed E-state index contributed by atoms with van der Waals surface area (Å²) >= 11 is 3.55. The Labute approximate surface area is 179 Å². The van der Waals surface area contributed by atoms with E-state index in [-0.39, 0.29) is 6.61 Å². The van der Waals surface area contributed by atoms with Crippen LogP contribution in [0.5, 0.6) is 5.75 Å². The molecule has 0 saturated heterocycles. The maximum Gasteiger partial charge on any atom is 0.337 e. The molecule has 0 radical (unpaired) electrons. The second-order valence-electron chi connectivity index (χ2n) is 8.13. The Kier molecular flexibility index (Phi) is 6.31. The highest BCUT2D eigenvalue weighted by Crippen LogP contribution is 2.42. The van der Waals surface area contributed by atoms with Gasteiger partial charge in [0.15, 0.2) is 6.10 Å². The minimum Gasteiger partial charge on any atom is -0.493 e. The van der Waals surface area contributed by atoms with E-state index in [0.717, 1.165) is 29.7 Å². The Morgan fingerprint density at radius 1 is 1.38 bits per heavy atom. The zero-order valence-electron chi connectivity index (χ0n) is 17.1. The van der Waals surface area contributed by atoms with Gasteiger partial charge in [0.1, 0.15) is 5.75 Å². The third-order valence-electron chi connectivity index (χ3n) is 4.74. The zero-order valence-corrected chi connectivity index (χ0v) is 18.7. The van der Waals surface area contributed by atoms with Crippen molar-refractivity contribution in [2.24, 2.45) is 0 Å². The number of ether oxygens (including phenoxy) is 2. The average Bonchev–Trinajstić information content (AvgIpc) is 2.66. The third kappa shape index (κ3) is 4.63. The fourth-order valence-corrected chi connectivity index (χ4v) is 4.22. The lowest BCUT2D eigenvalue weighted by Crippen LogP contribution is -2.28. The summed E-state index contributed by atoms with van der Waals surface area (Å²) in [6, 6.07) is 5.84. The van der Waals surface area contributed by atoms with E-state index >= 15 is 0 Å². The molecule has 1 aliphatic heterocycles. The lowest BCUT2D eigenvalue weighted by Gasteiger charge is -2.28. The van der Waals surface area contributed by atoms with Crippen molar-refractivity contribution >= 4 is 21.9 Å². The standard InChI is InChI=1S/C22H26BrNO5/c1-12-17(20(21(26)27)29-22(2,3)4)18(19(23)15(11-25)24-12)14-7-8-16-13(10-14)6-5-9-28-16/h7-8,10,20,25H,5-6,9,11H2,1-4H3,(H,26,27). The van der Waals surface area contributed by atoms with Crippen LogP contribution in [-0.2, 0) is 22.6 Å². The van der Waals surface area contributed by atoms with Crippen LogP contribution in [0.1, 0.15) is 55.8 Å². The summed E-state index contributed by atoms with van der Waals surface area (Å²) in [5.74, 6) is -0.234. The van der Waals surface area contributed by atoms with Crippen molar-refractivity contribution in [2.45, 2.75) is 58.8 Å². The van der Waals surface area contributed by atoms with Gasteiger partial charge < -0.3 is 19.7 Å². The molecule has 2 N–H and O–H groups in total. The van der Waals surface area contributed by atoms with Crippen molar-refractivity contribution in [3.05, 3.63) is 45.2 Å². The summed E-state index contributed by atoms with van der Waals surface area (Å²) in [7, 11) is 0. The number of carbonyl (C=O) groups is 1. The lowest BCUT2D eigenvalue weighted by atomic mass is 9.91. The smallest absolute Gasteiger partial charge is 0.337 e. The van der Waals surface area contributed by atoms with E-state index in [4.69, 9.17) is 9.47 Å². The highest BCUT2D eigenvalue weighted by Gasteiger charge is 2.33. The minimum absolute atomic E-state index is 0.263. The van der Waals surface area contributed by atoms with Crippen molar-refractivity contribution < 1.29 is 24.5 Å². The summed E-state index contributed by atoms with van der Waals surface area (Å²) in [5, 5.41) is 19.7. The Morgan fingerprint density at radius 2 is 2.10 bits per heavy atom. The number of benzene rings is 1. The van der Waals surface area contributed by atoms with Crippen LogP contribution >= 0.6 is 15.9 Å². The van der Waals surface area contributed by atoms with E-state index in [1.54, 1.807) is 6.92 Å². The van der Waals surface area contributed by atoms with Gasteiger partial charge in [-0.2, -0.15) is 0 Å². The number of nitrogens with zero attached hydrogens (tertiary/aromatic N) is 1. The Morgan fingerprint density at radius 3 is 2.72 bits per heavy atom. The van der Waals surface area contributed by atoms with Gasteiger partial charge in [-0.15, -0.1) is 0 Å². The molecule has 156 valence electrons. The number of pyridine rings is 1. The Hall–Kier alpha value is -1.96. The number of carboxylic acids is 1. The number of hydrogen-bond donors (Lipinski definition) is 2. The van der Waals surface area contributed by atoms with Crippen LogP contribution in [0.4, 0.5) is 0 Å². The SMILES string of the molecule is Cc1nc(CO)c(Br)c(-c2ccc3c(c2)CCCO3)c1C(OC(C)(C)C)C(=O)O. The topological polar surface area (TPSA) is 88.9 Å². The maximum absolute atomic E-state index is 12.2. The average molecular weight is 464 g/mol. The highest BCUT2D eigenvalue weighted by molar-refractivity contribution is 9.10. The largest absolute Gasteiger partial charge is 0.493 e. The fraction of sp³-hybridized carbons (Fsp3) is 0.455. The molecule has 0 fully saturated rings. The molecule has 1 aliphatic rings. The number of hydrogen-bond acceptors (Lipinski definition) is 5. The quantitative estimate of drug-likeness (QED) is 0.674. The summed E-state index contributed by atoms with van der Waals surface area (Å²) in [6.07, 6.45) is 0.634. The van der Waals surface area contributed by atoms with Crippen molar-refractivity contribution in [2.75, 3.05) is 6.61 Å². The molecule has 2 heterocycles. The molecule has 0 spiro atoms. The summed E-state index contributed by atoms with van der Waals surface area (Å²) in [5.41, 5.74) is 3.36. The zero-order chi connectivity index (χ0) is 21.3. The Bertz CT molecular complexity index is 936. The predicted octanol–water partition coefficient (Wildman–Crippen LogP) is 4.58. The number of carboxylic acid groups (broad SMARTS) is 1. The third-order valence-corrected chi connectivity index (χ3v) is 5.59. The second kappa shape index (κ2) is 8.42. The minimum atomic E-state index is -1.20. The van der Waals surface area contributed by atoms with E-state index < -0.39 is 17.7 Å². The van der Waals surface area contributed by atoms with Crippen molar-refractivity contribution in [3.8, 4) is 16.9 Å². The summed E-state index contributed by atoms with van der Waals surface area (Å²) in [4.78, 5) is 16.6. The first kappa shape index (κ1) is 21.7. The van der Waals surface area contributed by atoms with Gasteiger partial charge in [0.2, 0.25) is 0 Å². The monoisotopic (exact) mass is 463 g/mol. The van der Waals surface area contributed by atoms with Crippen LogP contribution in [0.3, 0.4) is 0 Å². The molecular formula is C22H26BrNO5. The van der Waals surface area contributed by atoms with E-state index in [9.17, 15) is 15.0 Å². The van der Waals surface area contributed by atoms with Gasteiger partial charge in [0, 0.05) is 21.3 Å². The van der Waals surface area contributed by atoms with Crippen molar-refractivity contribution in [1.82, 2.24) is 4.98 Å². The number of halogens is 1. The lowest BCUT2D eigenvalue weighted by molar-refractivity contribution is -0.160. The van der Waals surface area contributed by atoms with Crippen LogP contribution in [0.2, 0.25) is 0 Å². The molecule has 1 aromatic heterocycles. The van der Waals surface area contributed by atoms with Crippen LogP contribution in [0.15, 0.2) is 22.7 Å².